The number of amides is 1. The molecule has 0 aromatic heterocycles. The van der Waals surface area contributed by atoms with Gasteiger partial charge in [-0.15, -0.1) is 0 Å². The molecule has 0 fully saturated rings. The fourth-order valence-electron chi connectivity index (χ4n) is 3.17. The van der Waals surface area contributed by atoms with E-state index in [0.29, 0.717) is 22.1 Å². The first kappa shape index (κ1) is 23.0. The number of fused-ring (bicyclic) bond motifs is 1. The van der Waals surface area contributed by atoms with E-state index < -0.39 is 12.1 Å². The molecule has 4 aromatic rings. The Kier molecular flexibility index (Phi) is 7.20. The van der Waals surface area contributed by atoms with Gasteiger partial charge in [0.1, 0.15) is 11.5 Å². The number of nitrogens with zero attached hydrogens (tertiary/aromatic N) is 1. The minimum atomic E-state index is -0.732. The van der Waals surface area contributed by atoms with Gasteiger partial charge < -0.3 is 9.47 Å². The second-order valence-electron chi connectivity index (χ2n) is 7.44. The molecular weight excluding hydrogens is 452 g/mol. The molecule has 0 spiro atoms. The molecule has 34 heavy (non-hydrogen) atoms. The van der Waals surface area contributed by atoms with Crippen LogP contribution in [0.15, 0.2) is 96.1 Å². The summed E-state index contributed by atoms with van der Waals surface area (Å²) in [7, 11) is 0. The molecule has 0 heterocycles. The van der Waals surface area contributed by atoms with Gasteiger partial charge in [-0.3, -0.25) is 4.79 Å². The Morgan fingerprint density at radius 2 is 1.56 bits per heavy atom. The van der Waals surface area contributed by atoms with E-state index in [9.17, 15) is 9.59 Å². The first-order valence-corrected chi connectivity index (χ1v) is 10.9. The van der Waals surface area contributed by atoms with Crippen molar-refractivity contribution in [3.63, 3.8) is 0 Å². The third-order valence-corrected chi connectivity index (χ3v) is 5.31. The summed E-state index contributed by atoms with van der Waals surface area (Å²) >= 11 is 6.02. The van der Waals surface area contributed by atoms with Crippen LogP contribution in [0.2, 0.25) is 5.02 Å². The third kappa shape index (κ3) is 5.79. The Labute approximate surface area is 201 Å². The molecule has 0 saturated carbocycles. The zero-order valence-corrected chi connectivity index (χ0v) is 19.0. The van der Waals surface area contributed by atoms with E-state index in [1.165, 1.54) is 6.21 Å². The first-order chi connectivity index (χ1) is 16.5. The van der Waals surface area contributed by atoms with Gasteiger partial charge in [-0.05, 0) is 71.8 Å². The molecule has 7 heteroatoms. The number of hydrogen-bond acceptors (Lipinski definition) is 5. The summed E-state index contributed by atoms with van der Waals surface area (Å²) in [5.41, 5.74) is 3.47. The Hall–Kier alpha value is -4.16. The second-order valence-corrected chi connectivity index (χ2v) is 7.85. The summed E-state index contributed by atoms with van der Waals surface area (Å²) in [6.45, 7) is 1.65. The average molecular weight is 473 g/mol. The number of ether oxygens (including phenoxy) is 2. The van der Waals surface area contributed by atoms with Crippen molar-refractivity contribution < 1.29 is 19.1 Å². The standard InChI is InChI=1S/C27H21ClN2O4/c1-18(33-23-15-12-20-6-2-3-7-21(20)16-23)26(31)30-29-17-19-10-13-22(14-11-19)34-27(32)24-8-4-5-9-25(24)28/h2-18H,1H3,(H,30,31)/b29-17-/t18-/m1/s1. The summed E-state index contributed by atoms with van der Waals surface area (Å²) in [5.74, 6) is 0.0464. The molecule has 0 bridgehead atoms. The number of carbonyl (C=O) groups excluding carboxylic acids is 2. The maximum Gasteiger partial charge on any atom is 0.345 e. The predicted molar refractivity (Wildman–Crippen MR) is 133 cm³/mol. The van der Waals surface area contributed by atoms with Crippen LogP contribution in [-0.2, 0) is 4.79 Å². The van der Waals surface area contributed by atoms with Crippen molar-refractivity contribution in [2.75, 3.05) is 0 Å². The molecule has 0 saturated heterocycles. The van der Waals surface area contributed by atoms with Gasteiger partial charge >= 0.3 is 5.97 Å². The van der Waals surface area contributed by atoms with E-state index in [0.717, 1.165) is 10.8 Å². The summed E-state index contributed by atoms with van der Waals surface area (Å²) in [4.78, 5) is 24.6. The molecule has 4 rings (SSSR count). The fourth-order valence-corrected chi connectivity index (χ4v) is 3.38. The van der Waals surface area contributed by atoms with Gasteiger partial charge in [0.05, 0.1) is 16.8 Å². The Bertz CT molecular complexity index is 1350. The highest BCUT2D eigenvalue weighted by molar-refractivity contribution is 6.33. The van der Waals surface area contributed by atoms with Crippen LogP contribution in [0.4, 0.5) is 0 Å². The van der Waals surface area contributed by atoms with Gasteiger partial charge in [0.15, 0.2) is 6.10 Å². The van der Waals surface area contributed by atoms with Crippen molar-refractivity contribution in [2.24, 2.45) is 5.10 Å². The van der Waals surface area contributed by atoms with Crippen molar-refractivity contribution >= 4 is 40.5 Å². The van der Waals surface area contributed by atoms with Gasteiger partial charge in [-0.2, -0.15) is 5.10 Å². The molecule has 4 aromatic carbocycles. The highest BCUT2D eigenvalue weighted by Crippen LogP contribution is 2.22. The summed E-state index contributed by atoms with van der Waals surface area (Å²) in [6, 6.07) is 26.9. The van der Waals surface area contributed by atoms with E-state index >= 15 is 0 Å². The fraction of sp³-hybridized carbons (Fsp3) is 0.0741. The van der Waals surface area contributed by atoms with Gasteiger partial charge in [-0.25, -0.2) is 10.2 Å². The lowest BCUT2D eigenvalue weighted by Crippen LogP contribution is -2.33. The van der Waals surface area contributed by atoms with Gasteiger partial charge in [0, 0.05) is 0 Å². The number of esters is 1. The number of nitrogens with one attached hydrogen (secondary N) is 1. The van der Waals surface area contributed by atoms with E-state index in [2.05, 4.69) is 10.5 Å². The Morgan fingerprint density at radius 1 is 0.882 bits per heavy atom. The molecule has 170 valence electrons. The molecule has 6 nitrogen and oxygen atoms in total. The smallest absolute Gasteiger partial charge is 0.345 e. The van der Waals surface area contributed by atoms with Crippen LogP contribution in [-0.4, -0.2) is 24.2 Å². The molecule has 0 aliphatic heterocycles. The molecule has 1 atom stereocenters. The zero-order chi connectivity index (χ0) is 23.9. The van der Waals surface area contributed by atoms with Crippen molar-refractivity contribution in [3.05, 3.63) is 107 Å². The lowest BCUT2D eigenvalue weighted by molar-refractivity contribution is -0.127. The first-order valence-electron chi connectivity index (χ1n) is 10.5. The lowest BCUT2D eigenvalue weighted by atomic mass is 10.1. The zero-order valence-electron chi connectivity index (χ0n) is 18.3. The Balaban J connectivity index is 1.29. The molecule has 0 radical (unpaired) electrons. The van der Waals surface area contributed by atoms with Gasteiger partial charge in [0.25, 0.3) is 5.91 Å². The van der Waals surface area contributed by atoms with Crippen molar-refractivity contribution in [2.45, 2.75) is 13.0 Å². The van der Waals surface area contributed by atoms with Gasteiger partial charge in [0.2, 0.25) is 0 Å². The van der Waals surface area contributed by atoms with E-state index in [1.807, 2.05) is 42.5 Å². The number of halogens is 1. The normalized spacial score (nSPS) is 11.8. The Morgan fingerprint density at radius 3 is 2.32 bits per heavy atom. The molecule has 0 aliphatic carbocycles. The minimum absolute atomic E-state index is 0.289. The molecule has 0 unspecified atom stereocenters. The minimum Gasteiger partial charge on any atom is -0.481 e. The van der Waals surface area contributed by atoms with Crippen molar-refractivity contribution in [3.8, 4) is 11.5 Å². The number of hydrogen-bond donors (Lipinski definition) is 1. The number of rotatable bonds is 7. The third-order valence-electron chi connectivity index (χ3n) is 4.98. The summed E-state index contributed by atoms with van der Waals surface area (Å²) in [5, 5.41) is 6.43. The average Bonchev–Trinajstić information content (AvgIpc) is 2.85. The maximum atomic E-state index is 12.3. The van der Waals surface area contributed by atoms with Crippen LogP contribution in [0.1, 0.15) is 22.8 Å². The topological polar surface area (TPSA) is 77.0 Å². The predicted octanol–water partition coefficient (Wildman–Crippen LogP) is 5.63. The highest BCUT2D eigenvalue weighted by atomic mass is 35.5. The maximum absolute atomic E-state index is 12.3. The molecular formula is C27H21ClN2O4. The van der Waals surface area contributed by atoms with Crippen LogP contribution in [0.3, 0.4) is 0 Å². The lowest BCUT2D eigenvalue weighted by Gasteiger charge is -2.13. The van der Waals surface area contributed by atoms with Gasteiger partial charge in [-0.1, -0.05) is 54.1 Å². The van der Waals surface area contributed by atoms with Crippen molar-refractivity contribution in [1.82, 2.24) is 5.43 Å². The van der Waals surface area contributed by atoms with E-state index in [1.54, 1.807) is 55.5 Å². The summed E-state index contributed by atoms with van der Waals surface area (Å²) in [6.07, 6.45) is 0.755. The number of hydrazone groups is 1. The number of carbonyl (C=O) groups is 2. The van der Waals surface area contributed by atoms with Crippen LogP contribution in [0.5, 0.6) is 11.5 Å². The monoisotopic (exact) mass is 472 g/mol. The SMILES string of the molecule is C[C@@H](Oc1ccc2ccccc2c1)C(=O)N/N=C\c1ccc(OC(=O)c2ccccc2Cl)cc1. The quantitative estimate of drug-likeness (QED) is 0.164. The molecule has 1 amide bonds. The second kappa shape index (κ2) is 10.6. The van der Waals surface area contributed by atoms with E-state index in [-0.39, 0.29) is 11.5 Å². The van der Waals surface area contributed by atoms with Crippen LogP contribution in [0.25, 0.3) is 10.8 Å². The largest absolute Gasteiger partial charge is 0.481 e. The molecule has 1 N–H and O–H groups in total. The van der Waals surface area contributed by atoms with Crippen LogP contribution >= 0.6 is 11.6 Å². The van der Waals surface area contributed by atoms with Crippen LogP contribution < -0.4 is 14.9 Å². The van der Waals surface area contributed by atoms with E-state index in [4.69, 9.17) is 21.1 Å². The summed E-state index contributed by atoms with van der Waals surface area (Å²) < 4.78 is 11.1. The number of benzene rings is 4. The molecule has 0 aliphatic rings. The highest BCUT2D eigenvalue weighted by Gasteiger charge is 2.14. The van der Waals surface area contributed by atoms with Crippen LogP contribution in [0, 0.1) is 0 Å². The van der Waals surface area contributed by atoms with Crippen molar-refractivity contribution in [1.29, 1.82) is 0 Å².